The van der Waals surface area contributed by atoms with Crippen LogP contribution < -0.4 is 5.32 Å². The molecular formula is C47H35N3. The highest BCUT2D eigenvalue weighted by molar-refractivity contribution is 6.13. The van der Waals surface area contributed by atoms with Gasteiger partial charge in [0.05, 0.1) is 5.71 Å². The third-order valence-electron chi connectivity index (χ3n) is 9.96. The van der Waals surface area contributed by atoms with Gasteiger partial charge in [0.15, 0.2) is 0 Å². The Bertz CT molecular complexity index is 2410. The molecule has 1 N–H and O–H groups in total. The maximum absolute atomic E-state index is 5.33. The number of nitrogens with one attached hydrogen (secondary N) is 1. The van der Waals surface area contributed by atoms with Gasteiger partial charge in [-0.05, 0) is 91.6 Å². The molecule has 9 rings (SSSR count). The molecule has 3 heteroatoms. The number of rotatable bonds is 6. The van der Waals surface area contributed by atoms with Gasteiger partial charge in [-0.3, -0.25) is 9.98 Å². The SMILES string of the molecule is C1=CC2=CC=C(c3cccc(C4=NC(c5ccc(-c6ccc7ccccc7c6)cc5)NC(c5ccc(-c6cccnc6)cc5)=C4)c3)CC2C=C1. The van der Waals surface area contributed by atoms with Gasteiger partial charge in [0, 0.05) is 29.6 Å². The molecule has 0 saturated heterocycles. The molecule has 2 atom stereocenters. The van der Waals surface area contributed by atoms with E-state index < -0.39 is 0 Å². The largest absolute Gasteiger partial charge is 0.360 e. The maximum atomic E-state index is 5.33. The number of aliphatic imine (C=N–C) groups is 1. The fourth-order valence-corrected chi connectivity index (χ4v) is 7.18. The molecule has 1 aliphatic heterocycles. The zero-order valence-corrected chi connectivity index (χ0v) is 27.6. The lowest BCUT2D eigenvalue weighted by atomic mass is 9.82. The Balaban J connectivity index is 1.06. The van der Waals surface area contributed by atoms with Crippen LogP contribution in [0.1, 0.15) is 34.8 Å². The van der Waals surface area contributed by atoms with E-state index in [2.05, 4.69) is 174 Å². The molecule has 0 radical (unpaired) electrons. The van der Waals surface area contributed by atoms with E-state index in [4.69, 9.17) is 4.99 Å². The number of aromatic nitrogens is 1. The predicted molar refractivity (Wildman–Crippen MR) is 208 cm³/mol. The number of pyridine rings is 1. The first-order chi connectivity index (χ1) is 24.7. The lowest BCUT2D eigenvalue weighted by molar-refractivity contribution is 0.664. The number of nitrogens with zero attached hydrogens (tertiary/aromatic N) is 2. The molecule has 6 aromatic rings. The van der Waals surface area contributed by atoms with Crippen molar-refractivity contribution in [2.45, 2.75) is 12.6 Å². The van der Waals surface area contributed by atoms with Crippen molar-refractivity contribution in [2.75, 3.05) is 0 Å². The summed E-state index contributed by atoms with van der Waals surface area (Å²) >= 11 is 0. The summed E-state index contributed by atoms with van der Waals surface area (Å²) < 4.78 is 0. The monoisotopic (exact) mass is 641 g/mol. The standard InChI is InChI=1S/C47H35N3/c1-3-9-38-27-41(24-18-32(38)7-1)34-16-22-37(23-17-34)47-49-45(36-20-14-35(15-21-36)44-13-6-26-48-31-44)30-46(50-47)43-12-5-11-40(29-43)42-25-19-33-8-2-4-10-39(33)28-42/h1-27,29-31,39,47,49H,28H2. The number of hydrogen-bond acceptors (Lipinski definition) is 3. The van der Waals surface area contributed by atoms with Gasteiger partial charge < -0.3 is 5.32 Å². The molecule has 50 heavy (non-hydrogen) atoms. The molecule has 3 nitrogen and oxygen atoms in total. The minimum Gasteiger partial charge on any atom is -0.360 e. The summed E-state index contributed by atoms with van der Waals surface area (Å²) in [7, 11) is 0. The van der Waals surface area contributed by atoms with Gasteiger partial charge in [-0.25, -0.2) is 0 Å². The van der Waals surface area contributed by atoms with E-state index >= 15 is 0 Å². The van der Waals surface area contributed by atoms with Crippen molar-refractivity contribution >= 4 is 27.8 Å². The van der Waals surface area contributed by atoms with Crippen LogP contribution in [-0.4, -0.2) is 10.7 Å². The summed E-state index contributed by atoms with van der Waals surface area (Å²) in [5, 5.41) is 6.26. The van der Waals surface area contributed by atoms with Crippen LogP contribution in [0.4, 0.5) is 0 Å². The first-order valence-electron chi connectivity index (χ1n) is 17.3. The highest BCUT2D eigenvalue weighted by atomic mass is 15.1. The zero-order valence-electron chi connectivity index (χ0n) is 27.6. The molecule has 1 aromatic heterocycles. The van der Waals surface area contributed by atoms with Crippen LogP contribution in [-0.2, 0) is 0 Å². The number of allylic oxidation sites excluding steroid dienone is 9. The van der Waals surface area contributed by atoms with Gasteiger partial charge in [0.1, 0.15) is 6.17 Å². The fourth-order valence-electron chi connectivity index (χ4n) is 7.18. The number of hydrogen-bond donors (Lipinski definition) is 1. The highest BCUT2D eigenvalue weighted by Gasteiger charge is 2.22. The summed E-state index contributed by atoms with van der Waals surface area (Å²) in [6.45, 7) is 0. The highest BCUT2D eigenvalue weighted by Crippen LogP contribution is 2.36. The Morgan fingerprint density at radius 2 is 1.34 bits per heavy atom. The predicted octanol–water partition coefficient (Wildman–Crippen LogP) is 11.2. The van der Waals surface area contributed by atoms with Gasteiger partial charge in [-0.2, -0.15) is 0 Å². The molecule has 0 spiro atoms. The summed E-state index contributed by atoms with van der Waals surface area (Å²) in [4.78, 5) is 9.63. The van der Waals surface area contributed by atoms with Crippen molar-refractivity contribution in [3.05, 3.63) is 210 Å². The van der Waals surface area contributed by atoms with Crippen LogP contribution in [0.2, 0.25) is 0 Å². The zero-order chi connectivity index (χ0) is 33.3. The molecule has 2 aliphatic carbocycles. The van der Waals surface area contributed by atoms with Gasteiger partial charge in [0.2, 0.25) is 0 Å². The molecule has 0 bridgehead atoms. The number of fused-ring (bicyclic) bond motifs is 2. The van der Waals surface area contributed by atoms with Crippen molar-refractivity contribution in [3.8, 4) is 22.3 Å². The number of benzene rings is 5. The van der Waals surface area contributed by atoms with Crippen LogP contribution in [0.15, 0.2) is 193 Å². The van der Waals surface area contributed by atoms with E-state index in [1.54, 1.807) is 0 Å². The summed E-state index contributed by atoms with van der Waals surface area (Å²) in [5.41, 5.74) is 14.0. The maximum Gasteiger partial charge on any atom is 0.145 e. The van der Waals surface area contributed by atoms with E-state index in [9.17, 15) is 0 Å². The Morgan fingerprint density at radius 3 is 2.20 bits per heavy atom. The van der Waals surface area contributed by atoms with Gasteiger partial charge in [0.25, 0.3) is 0 Å². The topological polar surface area (TPSA) is 37.3 Å². The average molecular weight is 642 g/mol. The molecule has 3 aliphatic rings. The Kier molecular flexibility index (Phi) is 7.71. The van der Waals surface area contributed by atoms with E-state index in [0.29, 0.717) is 5.92 Å². The lowest BCUT2D eigenvalue weighted by Gasteiger charge is -2.26. The van der Waals surface area contributed by atoms with Crippen LogP contribution in [0.25, 0.3) is 44.3 Å². The first kappa shape index (κ1) is 29.8. The Morgan fingerprint density at radius 1 is 0.580 bits per heavy atom. The van der Waals surface area contributed by atoms with Crippen LogP contribution in [0.3, 0.4) is 0 Å². The van der Waals surface area contributed by atoms with Gasteiger partial charge in [-0.15, -0.1) is 0 Å². The first-order valence-corrected chi connectivity index (χ1v) is 17.3. The second kappa shape index (κ2) is 12.9. The van der Waals surface area contributed by atoms with E-state index in [1.165, 1.54) is 38.6 Å². The minimum atomic E-state index is -0.240. The van der Waals surface area contributed by atoms with Crippen molar-refractivity contribution in [2.24, 2.45) is 10.9 Å². The second-order valence-corrected chi connectivity index (χ2v) is 13.1. The molecule has 0 amide bonds. The summed E-state index contributed by atoms with van der Waals surface area (Å²) in [6.07, 6.45) is 20.0. The third kappa shape index (κ3) is 5.95. The van der Waals surface area contributed by atoms with E-state index in [-0.39, 0.29) is 6.17 Å². The lowest BCUT2D eigenvalue weighted by Crippen LogP contribution is -2.24. The Labute approximate surface area is 293 Å². The summed E-state index contributed by atoms with van der Waals surface area (Å²) in [5.74, 6) is 0.433. The Hall–Kier alpha value is -6.32. The molecule has 0 saturated carbocycles. The van der Waals surface area contributed by atoms with E-state index in [0.717, 1.165) is 45.6 Å². The normalized spacial score (nSPS) is 18.0. The quantitative estimate of drug-likeness (QED) is 0.196. The van der Waals surface area contributed by atoms with Crippen LogP contribution in [0, 0.1) is 5.92 Å². The van der Waals surface area contributed by atoms with Gasteiger partial charge in [-0.1, -0.05) is 146 Å². The average Bonchev–Trinajstić information content (AvgIpc) is 3.21. The summed E-state index contributed by atoms with van der Waals surface area (Å²) in [6, 6.07) is 45.7. The van der Waals surface area contributed by atoms with E-state index in [1.807, 2.05) is 18.5 Å². The van der Waals surface area contributed by atoms with Crippen molar-refractivity contribution in [1.82, 2.24) is 10.3 Å². The van der Waals surface area contributed by atoms with Crippen molar-refractivity contribution in [1.29, 1.82) is 0 Å². The second-order valence-electron chi connectivity index (χ2n) is 13.1. The smallest absolute Gasteiger partial charge is 0.145 e. The molecule has 2 heterocycles. The third-order valence-corrected chi connectivity index (χ3v) is 9.96. The van der Waals surface area contributed by atoms with Crippen molar-refractivity contribution in [3.63, 3.8) is 0 Å². The van der Waals surface area contributed by atoms with Crippen LogP contribution in [0.5, 0.6) is 0 Å². The minimum absolute atomic E-state index is 0.240. The van der Waals surface area contributed by atoms with Crippen molar-refractivity contribution < 1.29 is 0 Å². The molecule has 5 aromatic carbocycles. The fraction of sp³-hybridized carbons (Fsp3) is 0.0638. The molecule has 0 fully saturated rings. The molecular weight excluding hydrogens is 607 g/mol. The van der Waals surface area contributed by atoms with Crippen LogP contribution >= 0.6 is 0 Å². The van der Waals surface area contributed by atoms with Gasteiger partial charge >= 0.3 is 0 Å². The molecule has 2 unspecified atom stereocenters. The molecule has 238 valence electrons.